The maximum absolute atomic E-state index is 12.7. The average molecular weight is 305 g/mol. The van der Waals surface area contributed by atoms with E-state index < -0.39 is 0 Å². The first-order chi connectivity index (χ1) is 11.3. The lowest BCUT2D eigenvalue weighted by Crippen LogP contribution is -2.24. The molecule has 1 aliphatic heterocycles. The number of aryl methyl sites for hydroxylation is 2. The smallest absolute Gasteiger partial charge is 0.282 e. The summed E-state index contributed by atoms with van der Waals surface area (Å²) in [5, 5.41) is 19.3. The second-order valence-electron chi connectivity index (χ2n) is 5.61. The minimum Gasteiger partial charge on any atom is -0.505 e. The second kappa shape index (κ2) is 5.35. The molecule has 0 spiro atoms. The van der Waals surface area contributed by atoms with Crippen LogP contribution in [0.4, 0.5) is 11.4 Å². The molecule has 1 aliphatic rings. The van der Waals surface area contributed by atoms with E-state index in [-0.39, 0.29) is 17.0 Å². The molecule has 0 saturated carbocycles. The van der Waals surface area contributed by atoms with Gasteiger partial charge in [0.15, 0.2) is 11.4 Å². The highest BCUT2D eigenvalue weighted by Gasteiger charge is 2.20. The minimum absolute atomic E-state index is 0.000373. The molecule has 5 nitrogen and oxygen atoms in total. The van der Waals surface area contributed by atoms with Crippen LogP contribution in [0.3, 0.4) is 0 Å². The first kappa shape index (κ1) is 13.7. The molecule has 4 rings (SSSR count). The molecule has 0 atom stereocenters. The van der Waals surface area contributed by atoms with Gasteiger partial charge in [-0.25, -0.2) is 0 Å². The first-order valence-corrected chi connectivity index (χ1v) is 7.60. The molecule has 0 saturated heterocycles. The van der Waals surface area contributed by atoms with Crippen LogP contribution in [-0.2, 0) is 13.0 Å². The van der Waals surface area contributed by atoms with E-state index in [0.717, 1.165) is 23.9 Å². The van der Waals surface area contributed by atoms with Crippen LogP contribution in [0.25, 0.3) is 10.9 Å². The Bertz CT molecular complexity index is 975. The van der Waals surface area contributed by atoms with E-state index in [0.29, 0.717) is 17.6 Å². The molecule has 5 heteroatoms. The summed E-state index contributed by atoms with van der Waals surface area (Å²) in [5.74, 6) is -0.0929. The van der Waals surface area contributed by atoms with Gasteiger partial charge in [0, 0.05) is 11.9 Å². The van der Waals surface area contributed by atoms with Gasteiger partial charge in [-0.1, -0.05) is 30.3 Å². The standard InChI is InChI=1S/C18H15N3O2/c22-17-14-10-4-6-12-7-5-11-21(16(12)14)18(23)15(17)20-19-13-8-2-1-3-9-13/h1-4,6,8-10,22H,5,7,11H2. The molecule has 1 N–H and O–H groups in total. The molecule has 0 bridgehead atoms. The summed E-state index contributed by atoms with van der Waals surface area (Å²) >= 11 is 0. The van der Waals surface area contributed by atoms with Crippen molar-refractivity contribution in [3.05, 3.63) is 64.4 Å². The predicted molar refractivity (Wildman–Crippen MR) is 88.8 cm³/mol. The zero-order valence-electron chi connectivity index (χ0n) is 12.4. The van der Waals surface area contributed by atoms with Crippen LogP contribution in [0.2, 0.25) is 0 Å². The SMILES string of the molecule is O=c1c(N=Nc2ccccc2)c(O)c2cccc3c2n1CCC3. The fourth-order valence-corrected chi connectivity index (χ4v) is 3.09. The highest BCUT2D eigenvalue weighted by atomic mass is 16.3. The number of aromatic hydroxyl groups is 1. The fourth-order valence-electron chi connectivity index (χ4n) is 3.09. The fraction of sp³-hybridized carbons (Fsp3) is 0.167. The summed E-state index contributed by atoms with van der Waals surface area (Å²) in [6.45, 7) is 0.639. The molecule has 2 heterocycles. The van der Waals surface area contributed by atoms with Crippen molar-refractivity contribution >= 4 is 22.3 Å². The Kier molecular flexibility index (Phi) is 3.19. The zero-order chi connectivity index (χ0) is 15.8. The number of hydrogen-bond acceptors (Lipinski definition) is 4. The molecule has 0 fully saturated rings. The van der Waals surface area contributed by atoms with E-state index in [2.05, 4.69) is 10.2 Å². The molecular weight excluding hydrogens is 290 g/mol. The summed E-state index contributed by atoms with van der Waals surface area (Å²) in [4.78, 5) is 12.7. The normalized spacial score (nSPS) is 13.7. The van der Waals surface area contributed by atoms with E-state index in [1.807, 2.05) is 36.4 Å². The van der Waals surface area contributed by atoms with Gasteiger partial charge in [-0.15, -0.1) is 5.11 Å². The molecule has 3 aromatic rings. The van der Waals surface area contributed by atoms with Crippen molar-refractivity contribution in [2.45, 2.75) is 19.4 Å². The average Bonchev–Trinajstić information content (AvgIpc) is 2.60. The van der Waals surface area contributed by atoms with Crippen LogP contribution < -0.4 is 5.56 Å². The molecule has 2 aromatic carbocycles. The largest absolute Gasteiger partial charge is 0.505 e. The predicted octanol–water partition coefficient (Wildman–Crippen LogP) is 4.07. The number of benzene rings is 2. The Morgan fingerprint density at radius 1 is 1.00 bits per heavy atom. The Hall–Kier alpha value is -2.95. The molecule has 0 aliphatic carbocycles. The molecular formula is C18H15N3O2. The summed E-state index contributed by atoms with van der Waals surface area (Å²) in [5.41, 5.74) is 2.26. The van der Waals surface area contributed by atoms with Gasteiger partial charge in [-0.3, -0.25) is 4.79 Å². The van der Waals surface area contributed by atoms with Gasteiger partial charge in [0.25, 0.3) is 5.56 Å². The van der Waals surface area contributed by atoms with Gasteiger partial charge in [0.2, 0.25) is 0 Å². The van der Waals surface area contributed by atoms with Gasteiger partial charge in [-0.2, -0.15) is 5.11 Å². The van der Waals surface area contributed by atoms with Crippen molar-refractivity contribution in [3.8, 4) is 5.75 Å². The number of aromatic nitrogens is 1. The number of nitrogens with zero attached hydrogens (tertiary/aromatic N) is 3. The lowest BCUT2D eigenvalue weighted by molar-refractivity contribution is 0.478. The van der Waals surface area contributed by atoms with Crippen LogP contribution in [0.5, 0.6) is 5.75 Å². The number of pyridine rings is 1. The Morgan fingerprint density at radius 2 is 1.83 bits per heavy atom. The van der Waals surface area contributed by atoms with Crippen molar-refractivity contribution in [2.24, 2.45) is 10.2 Å². The van der Waals surface area contributed by atoms with Crippen molar-refractivity contribution in [3.63, 3.8) is 0 Å². The Morgan fingerprint density at radius 3 is 2.65 bits per heavy atom. The van der Waals surface area contributed by atoms with Crippen molar-refractivity contribution in [2.75, 3.05) is 0 Å². The van der Waals surface area contributed by atoms with Gasteiger partial charge < -0.3 is 9.67 Å². The van der Waals surface area contributed by atoms with Crippen LogP contribution >= 0.6 is 0 Å². The Labute approximate surface area is 132 Å². The van der Waals surface area contributed by atoms with E-state index in [1.165, 1.54) is 0 Å². The first-order valence-electron chi connectivity index (χ1n) is 7.60. The minimum atomic E-state index is -0.290. The van der Waals surface area contributed by atoms with Crippen molar-refractivity contribution in [1.29, 1.82) is 0 Å². The van der Waals surface area contributed by atoms with Crippen LogP contribution in [0.1, 0.15) is 12.0 Å². The van der Waals surface area contributed by atoms with Crippen LogP contribution in [0, 0.1) is 0 Å². The lowest BCUT2D eigenvalue weighted by Gasteiger charge is -2.20. The number of hydrogen-bond donors (Lipinski definition) is 1. The second-order valence-corrected chi connectivity index (χ2v) is 5.61. The quantitative estimate of drug-likeness (QED) is 0.725. The maximum Gasteiger partial charge on any atom is 0.282 e. The zero-order valence-corrected chi connectivity index (χ0v) is 12.4. The van der Waals surface area contributed by atoms with Gasteiger partial charge in [0.1, 0.15) is 0 Å². The van der Waals surface area contributed by atoms with E-state index in [9.17, 15) is 9.90 Å². The van der Waals surface area contributed by atoms with Gasteiger partial charge in [-0.05, 0) is 36.6 Å². The highest BCUT2D eigenvalue weighted by Crippen LogP contribution is 2.35. The monoisotopic (exact) mass is 305 g/mol. The molecule has 0 amide bonds. The number of azo groups is 1. The summed E-state index contributed by atoms with van der Waals surface area (Å²) in [7, 11) is 0. The summed E-state index contributed by atoms with van der Waals surface area (Å²) in [6, 6.07) is 14.9. The topological polar surface area (TPSA) is 66.9 Å². The number of rotatable bonds is 2. The highest BCUT2D eigenvalue weighted by molar-refractivity contribution is 5.92. The maximum atomic E-state index is 12.7. The van der Waals surface area contributed by atoms with E-state index in [4.69, 9.17) is 0 Å². The van der Waals surface area contributed by atoms with Crippen molar-refractivity contribution < 1.29 is 5.11 Å². The third kappa shape index (κ3) is 2.21. The summed E-state index contributed by atoms with van der Waals surface area (Å²) < 4.78 is 1.70. The third-order valence-electron chi connectivity index (χ3n) is 4.17. The van der Waals surface area contributed by atoms with E-state index in [1.54, 1.807) is 16.7 Å². The van der Waals surface area contributed by atoms with Gasteiger partial charge >= 0.3 is 0 Å². The molecule has 23 heavy (non-hydrogen) atoms. The lowest BCUT2D eigenvalue weighted by atomic mass is 10.0. The van der Waals surface area contributed by atoms with Gasteiger partial charge in [0.05, 0.1) is 11.2 Å². The van der Waals surface area contributed by atoms with Crippen molar-refractivity contribution in [1.82, 2.24) is 4.57 Å². The van der Waals surface area contributed by atoms with E-state index >= 15 is 0 Å². The molecule has 0 unspecified atom stereocenters. The third-order valence-corrected chi connectivity index (χ3v) is 4.17. The summed E-state index contributed by atoms with van der Waals surface area (Å²) in [6.07, 6.45) is 1.83. The molecule has 1 aromatic heterocycles. The number of para-hydroxylation sites is 1. The van der Waals surface area contributed by atoms with Crippen LogP contribution in [0.15, 0.2) is 63.6 Å². The molecule has 114 valence electrons. The molecule has 0 radical (unpaired) electrons. The Balaban J connectivity index is 1.95. The van der Waals surface area contributed by atoms with Crippen LogP contribution in [-0.4, -0.2) is 9.67 Å².